The molecule has 0 radical (unpaired) electrons. The number of nitriles is 1. The minimum absolute atomic E-state index is 0.137. The van der Waals surface area contributed by atoms with Gasteiger partial charge in [-0.05, 0) is 71.9 Å². The summed E-state index contributed by atoms with van der Waals surface area (Å²) in [6, 6.07) is 15.8. The lowest BCUT2D eigenvalue weighted by Crippen LogP contribution is -2.39. The summed E-state index contributed by atoms with van der Waals surface area (Å²) in [6.07, 6.45) is 7.16. The van der Waals surface area contributed by atoms with E-state index in [-0.39, 0.29) is 6.04 Å². The molecule has 0 unspecified atom stereocenters. The zero-order valence-corrected chi connectivity index (χ0v) is 17.1. The van der Waals surface area contributed by atoms with Crippen LogP contribution in [0.1, 0.15) is 36.4 Å². The van der Waals surface area contributed by atoms with Crippen LogP contribution in [0.2, 0.25) is 0 Å². The van der Waals surface area contributed by atoms with E-state index in [1.165, 1.54) is 11.1 Å². The lowest BCUT2D eigenvalue weighted by atomic mass is 9.84. The summed E-state index contributed by atoms with van der Waals surface area (Å²) in [5.74, 6) is 2.12. The van der Waals surface area contributed by atoms with E-state index in [1.54, 1.807) is 14.2 Å². The van der Waals surface area contributed by atoms with Crippen LogP contribution in [0.5, 0.6) is 11.5 Å². The second-order valence-electron chi connectivity index (χ2n) is 7.21. The van der Waals surface area contributed by atoms with Crippen molar-refractivity contribution >= 4 is 12.0 Å². The fourth-order valence-electron chi connectivity index (χ4n) is 3.94. The van der Waals surface area contributed by atoms with Crippen molar-refractivity contribution in [3.05, 3.63) is 76.5 Å². The number of rotatable bonds is 4. The Kier molecular flexibility index (Phi) is 5.71. The summed E-state index contributed by atoms with van der Waals surface area (Å²) in [4.78, 5) is 4.78. The highest BCUT2D eigenvalue weighted by Crippen LogP contribution is 2.40. The highest BCUT2D eigenvalue weighted by atomic mass is 16.5. The van der Waals surface area contributed by atoms with Crippen LogP contribution in [0.25, 0.3) is 6.08 Å². The van der Waals surface area contributed by atoms with Gasteiger partial charge in [0.05, 0.1) is 14.2 Å². The van der Waals surface area contributed by atoms with Gasteiger partial charge in [0, 0.05) is 5.70 Å². The SMILES string of the molecule is COc1ccc(/C=C2\CCCC3=C2NC(NC#N)=N[C@@H]3c2ccc(OC)cc2)cc1. The molecule has 0 aromatic heterocycles. The zero-order chi connectivity index (χ0) is 20.9. The number of nitrogens with zero attached hydrogens (tertiary/aromatic N) is 2. The molecule has 0 fully saturated rings. The number of benzene rings is 2. The lowest BCUT2D eigenvalue weighted by molar-refractivity contribution is 0.414. The molecule has 152 valence electrons. The Morgan fingerprint density at radius 1 is 1.03 bits per heavy atom. The number of hydrogen-bond donors (Lipinski definition) is 2. The normalized spacial score (nSPS) is 19.3. The van der Waals surface area contributed by atoms with Crippen LogP contribution < -0.4 is 20.1 Å². The molecule has 2 aromatic rings. The minimum Gasteiger partial charge on any atom is -0.497 e. The maximum absolute atomic E-state index is 9.15. The van der Waals surface area contributed by atoms with Crippen molar-refractivity contribution in [3.63, 3.8) is 0 Å². The summed E-state index contributed by atoms with van der Waals surface area (Å²) >= 11 is 0. The standard InChI is InChI=1S/C24H24N4O2/c1-29-19-10-6-16(7-11-19)14-18-4-3-5-21-22(17-8-12-20(30-2)13-9-17)27-24(26-15-25)28-23(18)21/h6-14,22H,3-5H2,1-2H3,(H2,26,27,28)/b18-14+/t22-/m1/s1. The van der Waals surface area contributed by atoms with Gasteiger partial charge in [-0.15, -0.1) is 0 Å². The van der Waals surface area contributed by atoms with E-state index < -0.39 is 0 Å². The monoisotopic (exact) mass is 400 g/mol. The van der Waals surface area contributed by atoms with Crippen LogP contribution in [0.15, 0.2) is 70.4 Å². The summed E-state index contributed by atoms with van der Waals surface area (Å²) < 4.78 is 10.5. The van der Waals surface area contributed by atoms with Crippen LogP contribution in [0.4, 0.5) is 0 Å². The topological polar surface area (TPSA) is 78.7 Å². The first-order valence-electron chi connectivity index (χ1n) is 9.93. The quantitative estimate of drug-likeness (QED) is 0.591. The van der Waals surface area contributed by atoms with E-state index in [0.29, 0.717) is 5.96 Å². The molecule has 6 heteroatoms. The van der Waals surface area contributed by atoms with E-state index in [9.17, 15) is 0 Å². The van der Waals surface area contributed by atoms with Gasteiger partial charge in [0.25, 0.3) is 0 Å². The first-order chi connectivity index (χ1) is 14.7. The predicted molar refractivity (Wildman–Crippen MR) is 117 cm³/mol. The Labute approximate surface area is 176 Å². The second-order valence-corrected chi connectivity index (χ2v) is 7.21. The van der Waals surface area contributed by atoms with Gasteiger partial charge in [-0.2, -0.15) is 5.26 Å². The second kappa shape index (κ2) is 8.75. The number of aliphatic imine (C=N–C) groups is 1. The molecule has 2 aliphatic rings. The van der Waals surface area contributed by atoms with Crippen LogP contribution >= 0.6 is 0 Å². The van der Waals surface area contributed by atoms with E-state index in [1.807, 2.05) is 54.7 Å². The van der Waals surface area contributed by atoms with Crippen molar-refractivity contribution < 1.29 is 9.47 Å². The number of methoxy groups -OCH3 is 2. The largest absolute Gasteiger partial charge is 0.497 e. The van der Waals surface area contributed by atoms with Gasteiger partial charge in [-0.25, -0.2) is 4.99 Å². The fraction of sp³-hybridized carbons (Fsp3) is 0.250. The van der Waals surface area contributed by atoms with Crippen molar-refractivity contribution in [1.82, 2.24) is 10.6 Å². The molecule has 0 saturated carbocycles. The van der Waals surface area contributed by atoms with Crippen molar-refractivity contribution in [1.29, 1.82) is 5.26 Å². The maximum Gasteiger partial charge on any atom is 0.210 e. The lowest BCUT2D eigenvalue weighted by Gasteiger charge is -2.32. The van der Waals surface area contributed by atoms with Gasteiger partial charge in [-0.3, -0.25) is 5.32 Å². The average Bonchev–Trinajstić information content (AvgIpc) is 2.80. The molecule has 1 aliphatic carbocycles. The summed E-state index contributed by atoms with van der Waals surface area (Å²) in [6.45, 7) is 0. The molecule has 0 bridgehead atoms. The third-order valence-corrected chi connectivity index (χ3v) is 5.43. The Balaban J connectivity index is 1.73. The van der Waals surface area contributed by atoms with Gasteiger partial charge >= 0.3 is 0 Å². The number of ether oxygens (including phenoxy) is 2. The summed E-state index contributed by atoms with van der Waals surface area (Å²) in [5.41, 5.74) is 5.71. The summed E-state index contributed by atoms with van der Waals surface area (Å²) in [7, 11) is 3.32. The highest BCUT2D eigenvalue weighted by molar-refractivity contribution is 5.86. The van der Waals surface area contributed by atoms with Gasteiger partial charge in [0.2, 0.25) is 5.96 Å². The molecule has 4 rings (SSSR count). The third-order valence-electron chi connectivity index (χ3n) is 5.43. The molecule has 1 aliphatic heterocycles. The molecule has 1 heterocycles. The Bertz CT molecular complexity index is 1040. The minimum atomic E-state index is -0.137. The number of hydrogen-bond acceptors (Lipinski definition) is 6. The van der Waals surface area contributed by atoms with Crippen LogP contribution in [-0.4, -0.2) is 20.2 Å². The smallest absolute Gasteiger partial charge is 0.210 e. The van der Waals surface area contributed by atoms with Gasteiger partial charge in [0.1, 0.15) is 17.5 Å². The van der Waals surface area contributed by atoms with Crippen LogP contribution in [0.3, 0.4) is 0 Å². The number of nitrogens with one attached hydrogen (secondary N) is 2. The molecular weight excluding hydrogens is 376 g/mol. The molecule has 30 heavy (non-hydrogen) atoms. The Morgan fingerprint density at radius 2 is 1.70 bits per heavy atom. The van der Waals surface area contributed by atoms with Crippen molar-refractivity contribution in [3.8, 4) is 17.7 Å². The first kappa shape index (κ1) is 19.6. The molecule has 0 spiro atoms. The first-order valence-corrected chi connectivity index (χ1v) is 9.93. The molecule has 2 aromatic carbocycles. The fourth-order valence-corrected chi connectivity index (χ4v) is 3.94. The van der Waals surface area contributed by atoms with Gasteiger partial charge < -0.3 is 14.8 Å². The van der Waals surface area contributed by atoms with E-state index >= 15 is 0 Å². The highest BCUT2D eigenvalue weighted by Gasteiger charge is 2.29. The number of guanidine groups is 1. The molecular formula is C24H24N4O2. The Morgan fingerprint density at radius 3 is 2.33 bits per heavy atom. The van der Waals surface area contributed by atoms with Crippen molar-refractivity contribution in [2.24, 2.45) is 4.99 Å². The van der Waals surface area contributed by atoms with E-state index in [0.717, 1.165) is 47.6 Å². The molecule has 0 amide bonds. The van der Waals surface area contributed by atoms with Crippen molar-refractivity contribution in [2.45, 2.75) is 25.3 Å². The van der Waals surface area contributed by atoms with Crippen LogP contribution in [-0.2, 0) is 0 Å². The molecule has 1 atom stereocenters. The molecule has 2 N–H and O–H groups in total. The third kappa shape index (κ3) is 4.01. The van der Waals surface area contributed by atoms with E-state index in [2.05, 4.69) is 16.7 Å². The number of allylic oxidation sites excluding steroid dienone is 1. The van der Waals surface area contributed by atoms with Gasteiger partial charge in [0.15, 0.2) is 6.19 Å². The predicted octanol–water partition coefficient (Wildman–Crippen LogP) is 4.30. The van der Waals surface area contributed by atoms with Crippen LogP contribution in [0, 0.1) is 11.5 Å². The summed E-state index contributed by atoms with van der Waals surface area (Å²) in [5, 5.41) is 15.2. The molecule has 6 nitrogen and oxygen atoms in total. The maximum atomic E-state index is 9.15. The van der Waals surface area contributed by atoms with E-state index in [4.69, 9.17) is 19.7 Å². The van der Waals surface area contributed by atoms with Gasteiger partial charge in [-0.1, -0.05) is 24.3 Å². The molecule has 0 saturated heterocycles. The average molecular weight is 400 g/mol. The Hall–Kier alpha value is -3.72. The zero-order valence-electron chi connectivity index (χ0n) is 17.1. The van der Waals surface area contributed by atoms with Crippen molar-refractivity contribution in [2.75, 3.05) is 14.2 Å².